The molecule has 0 bridgehead atoms. The van der Waals surface area contributed by atoms with Crippen LogP contribution < -0.4 is 9.80 Å². The van der Waals surface area contributed by atoms with Gasteiger partial charge in [0.15, 0.2) is 21.9 Å². The highest BCUT2D eigenvalue weighted by atomic mass is 35.5. The largest absolute Gasteiger partial charge is 0.377 e. The molecule has 1 aliphatic heterocycles. The van der Waals surface area contributed by atoms with Crippen LogP contribution in [0.2, 0.25) is 10.3 Å². The molecule has 0 N–H and O–H groups in total. The second-order valence-corrected chi connectivity index (χ2v) is 10.1. The maximum Gasteiger partial charge on any atom is 0.151 e. The lowest BCUT2D eigenvalue weighted by molar-refractivity contribution is 0.0529. The van der Waals surface area contributed by atoms with Crippen LogP contribution in [0, 0.1) is 0 Å². The number of rotatable bonds is 2. The molecule has 0 spiro atoms. The molecular formula is C20H28Cl2N6O2S2. The van der Waals surface area contributed by atoms with Gasteiger partial charge in [-0.15, -0.1) is 20.4 Å². The van der Waals surface area contributed by atoms with E-state index in [1.807, 2.05) is 35.7 Å². The van der Waals surface area contributed by atoms with Gasteiger partial charge in [0.05, 0.1) is 26.4 Å². The smallest absolute Gasteiger partial charge is 0.151 e. The van der Waals surface area contributed by atoms with Gasteiger partial charge in [0.2, 0.25) is 0 Å². The minimum absolute atomic E-state index is 0.400. The third-order valence-corrected chi connectivity index (χ3v) is 7.24. The minimum Gasteiger partial charge on any atom is -0.377 e. The Morgan fingerprint density at radius 3 is 1.47 bits per heavy atom. The Balaban J connectivity index is 1.50. The summed E-state index contributed by atoms with van der Waals surface area (Å²) in [5.41, 5.74) is 0. The molecule has 1 aliphatic rings. The van der Waals surface area contributed by atoms with Crippen LogP contribution in [0.4, 0.5) is 11.6 Å². The summed E-state index contributed by atoms with van der Waals surface area (Å²) in [6.07, 6.45) is 0. The zero-order valence-electron chi connectivity index (χ0n) is 17.9. The van der Waals surface area contributed by atoms with Crippen molar-refractivity contribution >= 4 is 58.4 Å². The molecule has 32 heavy (non-hydrogen) atoms. The van der Waals surface area contributed by atoms with Gasteiger partial charge in [-0.3, -0.25) is 0 Å². The lowest BCUT2D eigenvalue weighted by Gasteiger charge is -2.24. The zero-order chi connectivity index (χ0) is 22.4. The number of ether oxygens (including phenoxy) is 2. The van der Waals surface area contributed by atoms with E-state index in [1.165, 1.54) is 0 Å². The van der Waals surface area contributed by atoms with Crippen molar-refractivity contribution in [2.75, 3.05) is 85.4 Å². The predicted octanol–water partition coefficient (Wildman–Crippen LogP) is 3.40. The van der Waals surface area contributed by atoms with Crippen molar-refractivity contribution in [3.05, 3.63) is 34.6 Å². The first-order valence-electron chi connectivity index (χ1n) is 10.5. The summed E-state index contributed by atoms with van der Waals surface area (Å²) >= 11 is 15.7. The number of aromatic nitrogens is 4. The Kier molecular flexibility index (Phi) is 12.0. The van der Waals surface area contributed by atoms with Crippen molar-refractivity contribution in [2.24, 2.45) is 0 Å². The number of hydrogen-bond acceptors (Lipinski definition) is 10. The summed E-state index contributed by atoms with van der Waals surface area (Å²) in [6.45, 7) is 5.55. The molecule has 0 amide bonds. The van der Waals surface area contributed by atoms with E-state index < -0.39 is 0 Å². The monoisotopic (exact) mass is 518 g/mol. The summed E-state index contributed by atoms with van der Waals surface area (Å²) in [5, 5.41) is 17.2. The number of thioether (sulfide) groups is 2. The molecule has 1 fully saturated rings. The van der Waals surface area contributed by atoms with Crippen LogP contribution >= 0.6 is 46.7 Å². The standard InChI is InChI=1S/C20H28Cl2N6O2S2/c21-17-1-3-19(25-23-17)27-5-9-29-11-12-30-10-6-28(20-4-2-18(22)24-26-20)8-14-32-16-15-31-13-7-27/h1-4H,5-16H2. The van der Waals surface area contributed by atoms with Crippen LogP contribution in [0.15, 0.2) is 24.3 Å². The molecule has 2 aromatic heterocycles. The molecule has 3 heterocycles. The summed E-state index contributed by atoms with van der Waals surface area (Å²) in [6, 6.07) is 7.35. The van der Waals surface area contributed by atoms with E-state index in [4.69, 9.17) is 32.7 Å². The molecule has 2 aromatic rings. The maximum absolute atomic E-state index is 5.88. The van der Waals surface area contributed by atoms with Crippen LogP contribution in [-0.2, 0) is 9.47 Å². The normalized spacial score (nSPS) is 18.7. The summed E-state index contributed by atoms with van der Waals surface area (Å²) in [7, 11) is 0. The third kappa shape index (κ3) is 9.44. The second-order valence-electron chi connectivity index (χ2n) is 6.85. The second kappa shape index (κ2) is 15.0. The van der Waals surface area contributed by atoms with Gasteiger partial charge in [0.1, 0.15) is 0 Å². The van der Waals surface area contributed by atoms with Crippen LogP contribution in [-0.4, -0.2) is 96.0 Å². The zero-order valence-corrected chi connectivity index (χ0v) is 21.0. The van der Waals surface area contributed by atoms with Gasteiger partial charge in [-0.05, 0) is 24.3 Å². The van der Waals surface area contributed by atoms with Gasteiger partial charge in [0, 0.05) is 49.2 Å². The SMILES string of the molecule is Clc1ccc(N2CCOCCOCCN(c3ccc(Cl)nn3)CCSCCSCC2)nn1. The predicted molar refractivity (Wildman–Crippen MR) is 135 cm³/mol. The molecule has 0 saturated carbocycles. The first-order valence-corrected chi connectivity index (χ1v) is 13.6. The summed E-state index contributed by atoms with van der Waals surface area (Å²) in [4.78, 5) is 4.39. The van der Waals surface area contributed by atoms with Gasteiger partial charge in [-0.25, -0.2) is 0 Å². The molecule has 0 radical (unpaired) electrons. The third-order valence-electron chi connectivity index (χ3n) is 4.65. The molecule has 0 aliphatic carbocycles. The molecule has 12 heteroatoms. The number of nitrogens with zero attached hydrogens (tertiary/aromatic N) is 6. The van der Waals surface area contributed by atoms with Gasteiger partial charge in [0.25, 0.3) is 0 Å². The van der Waals surface area contributed by atoms with Gasteiger partial charge >= 0.3 is 0 Å². The van der Waals surface area contributed by atoms with Crippen LogP contribution in [0.25, 0.3) is 0 Å². The van der Waals surface area contributed by atoms with Gasteiger partial charge in [-0.2, -0.15) is 23.5 Å². The quantitative estimate of drug-likeness (QED) is 0.589. The molecule has 0 unspecified atom stereocenters. The average Bonchev–Trinajstić information content (AvgIpc) is 2.80. The maximum atomic E-state index is 5.88. The van der Waals surface area contributed by atoms with E-state index in [-0.39, 0.29) is 0 Å². The lowest BCUT2D eigenvalue weighted by atomic mass is 10.4. The molecular weight excluding hydrogens is 491 g/mol. The first-order chi connectivity index (χ1) is 15.7. The number of anilines is 2. The summed E-state index contributed by atoms with van der Waals surface area (Å²) in [5.74, 6) is 5.88. The van der Waals surface area contributed by atoms with Gasteiger partial charge < -0.3 is 19.3 Å². The highest BCUT2D eigenvalue weighted by Crippen LogP contribution is 2.16. The van der Waals surface area contributed by atoms with E-state index in [9.17, 15) is 0 Å². The van der Waals surface area contributed by atoms with E-state index in [0.717, 1.165) is 60.8 Å². The lowest BCUT2D eigenvalue weighted by Crippen LogP contribution is -2.32. The van der Waals surface area contributed by atoms with Crippen molar-refractivity contribution in [2.45, 2.75) is 0 Å². The van der Waals surface area contributed by atoms with Crippen molar-refractivity contribution in [3.8, 4) is 0 Å². The Bertz CT molecular complexity index is 690. The highest BCUT2D eigenvalue weighted by Gasteiger charge is 2.11. The van der Waals surface area contributed by atoms with Crippen molar-refractivity contribution < 1.29 is 9.47 Å². The van der Waals surface area contributed by atoms with Crippen LogP contribution in [0.3, 0.4) is 0 Å². The molecule has 0 atom stereocenters. The molecule has 3 rings (SSSR count). The van der Waals surface area contributed by atoms with E-state index >= 15 is 0 Å². The fraction of sp³-hybridized carbons (Fsp3) is 0.600. The van der Waals surface area contributed by atoms with Gasteiger partial charge in [-0.1, -0.05) is 23.2 Å². The first kappa shape index (κ1) is 25.6. The number of hydrogen-bond donors (Lipinski definition) is 0. The average molecular weight is 520 g/mol. The van der Waals surface area contributed by atoms with Crippen molar-refractivity contribution in [3.63, 3.8) is 0 Å². The number of halogens is 2. The molecule has 8 nitrogen and oxygen atoms in total. The van der Waals surface area contributed by atoms with Crippen LogP contribution in [0.1, 0.15) is 0 Å². The van der Waals surface area contributed by atoms with E-state index in [1.54, 1.807) is 12.1 Å². The Labute approximate surface area is 207 Å². The summed E-state index contributed by atoms with van der Waals surface area (Å²) < 4.78 is 11.6. The molecule has 0 aromatic carbocycles. The fourth-order valence-electron chi connectivity index (χ4n) is 2.98. The minimum atomic E-state index is 0.400. The fourth-order valence-corrected chi connectivity index (χ4v) is 5.23. The van der Waals surface area contributed by atoms with E-state index in [2.05, 4.69) is 30.2 Å². The van der Waals surface area contributed by atoms with Crippen molar-refractivity contribution in [1.82, 2.24) is 20.4 Å². The molecule has 176 valence electrons. The Morgan fingerprint density at radius 2 is 1.06 bits per heavy atom. The van der Waals surface area contributed by atoms with Crippen LogP contribution in [0.5, 0.6) is 0 Å². The molecule has 1 saturated heterocycles. The Hall–Kier alpha value is -1.04. The van der Waals surface area contributed by atoms with Crippen molar-refractivity contribution in [1.29, 1.82) is 0 Å². The Morgan fingerprint density at radius 1 is 0.594 bits per heavy atom. The topological polar surface area (TPSA) is 76.5 Å². The van der Waals surface area contributed by atoms with E-state index in [0.29, 0.717) is 36.7 Å². The highest BCUT2D eigenvalue weighted by molar-refractivity contribution is 8.02.